The second-order valence-electron chi connectivity index (χ2n) is 6.57. The molecule has 4 rings (SSSR count). The standard InChI is InChI=1S/C20H21FN6/c1-14-12-18(23-8-3-10-26-11-9-22-13-26)27-20(24-14)19(15(2)25-27)16-4-6-17(21)7-5-16/h4-7,9,11-13,23H,3,8,10H2,1-2H3. The van der Waals surface area contributed by atoms with Crippen LogP contribution in [0.2, 0.25) is 0 Å². The normalized spacial score (nSPS) is 11.2. The number of halogens is 1. The summed E-state index contributed by atoms with van der Waals surface area (Å²) in [4.78, 5) is 8.73. The maximum atomic E-state index is 13.3. The van der Waals surface area contributed by atoms with E-state index in [2.05, 4.69) is 25.0 Å². The molecule has 0 atom stereocenters. The summed E-state index contributed by atoms with van der Waals surface area (Å²) in [6, 6.07) is 8.45. The fourth-order valence-electron chi connectivity index (χ4n) is 3.22. The van der Waals surface area contributed by atoms with Crippen molar-refractivity contribution in [2.45, 2.75) is 26.8 Å². The largest absolute Gasteiger partial charge is 0.370 e. The van der Waals surface area contributed by atoms with Crippen LogP contribution in [0.1, 0.15) is 17.8 Å². The quantitative estimate of drug-likeness (QED) is 0.528. The number of aromatic nitrogens is 5. The van der Waals surface area contributed by atoms with Crippen LogP contribution < -0.4 is 5.32 Å². The maximum Gasteiger partial charge on any atom is 0.165 e. The molecule has 4 aromatic rings. The van der Waals surface area contributed by atoms with Crippen LogP contribution in [-0.2, 0) is 6.54 Å². The zero-order chi connectivity index (χ0) is 18.8. The number of hydrogen-bond donors (Lipinski definition) is 1. The van der Waals surface area contributed by atoms with Crippen molar-refractivity contribution in [3.63, 3.8) is 0 Å². The van der Waals surface area contributed by atoms with E-state index in [4.69, 9.17) is 0 Å². The highest BCUT2D eigenvalue weighted by Crippen LogP contribution is 2.29. The van der Waals surface area contributed by atoms with E-state index in [-0.39, 0.29) is 5.82 Å². The van der Waals surface area contributed by atoms with Crippen molar-refractivity contribution in [1.82, 2.24) is 24.1 Å². The maximum absolute atomic E-state index is 13.3. The summed E-state index contributed by atoms with van der Waals surface area (Å²) >= 11 is 0. The minimum absolute atomic E-state index is 0.253. The summed E-state index contributed by atoms with van der Waals surface area (Å²) in [5, 5.41) is 8.12. The van der Waals surface area contributed by atoms with Crippen LogP contribution in [0, 0.1) is 19.7 Å². The molecule has 1 aromatic carbocycles. The summed E-state index contributed by atoms with van der Waals surface area (Å²) < 4.78 is 17.2. The molecule has 0 bridgehead atoms. The number of anilines is 1. The Morgan fingerprint density at radius 1 is 1.15 bits per heavy atom. The van der Waals surface area contributed by atoms with E-state index in [1.54, 1.807) is 18.3 Å². The first kappa shape index (κ1) is 17.2. The van der Waals surface area contributed by atoms with Crippen molar-refractivity contribution in [2.75, 3.05) is 11.9 Å². The molecule has 0 aliphatic rings. The summed E-state index contributed by atoms with van der Waals surface area (Å²) in [6.45, 7) is 5.62. The Balaban J connectivity index is 1.62. The molecule has 0 saturated heterocycles. The second-order valence-corrected chi connectivity index (χ2v) is 6.57. The minimum atomic E-state index is -0.253. The van der Waals surface area contributed by atoms with Crippen LogP contribution in [0.15, 0.2) is 49.1 Å². The molecule has 0 amide bonds. The third-order valence-electron chi connectivity index (χ3n) is 4.48. The lowest BCUT2D eigenvalue weighted by molar-refractivity contribution is 0.628. The molecule has 1 N–H and O–H groups in total. The fraction of sp³-hybridized carbons (Fsp3) is 0.250. The molecule has 138 valence electrons. The van der Waals surface area contributed by atoms with E-state index in [1.807, 2.05) is 37.0 Å². The van der Waals surface area contributed by atoms with Gasteiger partial charge in [0.2, 0.25) is 0 Å². The number of imidazole rings is 1. The van der Waals surface area contributed by atoms with E-state index in [0.29, 0.717) is 0 Å². The van der Waals surface area contributed by atoms with E-state index in [1.165, 1.54) is 12.1 Å². The monoisotopic (exact) mass is 364 g/mol. The van der Waals surface area contributed by atoms with Gasteiger partial charge >= 0.3 is 0 Å². The van der Waals surface area contributed by atoms with Crippen molar-refractivity contribution < 1.29 is 4.39 Å². The van der Waals surface area contributed by atoms with Gasteiger partial charge in [-0.25, -0.2) is 14.4 Å². The Kier molecular flexibility index (Phi) is 4.58. The molecule has 0 saturated carbocycles. The number of aryl methyl sites for hydroxylation is 3. The zero-order valence-electron chi connectivity index (χ0n) is 15.4. The molecule has 0 aliphatic carbocycles. The van der Waals surface area contributed by atoms with Gasteiger partial charge in [0.25, 0.3) is 0 Å². The SMILES string of the molecule is Cc1cc(NCCCn2ccnc2)n2nc(C)c(-c3ccc(F)cc3)c2n1. The topological polar surface area (TPSA) is 60.0 Å². The molecule has 0 aliphatic heterocycles. The van der Waals surface area contributed by atoms with Crippen molar-refractivity contribution >= 4 is 11.5 Å². The van der Waals surface area contributed by atoms with Gasteiger partial charge in [0, 0.05) is 42.8 Å². The number of hydrogen-bond acceptors (Lipinski definition) is 4. The van der Waals surface area contributed by atoms with Crippen molar-refractivity contribution in [1.29, 1.82) is 0 Å². The second kappa shape index (κ2) is 7.19. The molecule has 27 heavy (non-hydrogen) atoms. The number of fused-ring (bicyclic) bond motifs is 1. The van der Waals surface area contributed by atoms with Gasteiger partial charge < -0.3 is 9.88 Å². The lowest BCUT2D eigenvalue weighted by Gasteiger charge is -2.10. The third-order valence-corrected chi connectivity index (χ3v) is 4.48. The number of nitrogens with one attached hydrogen (secondary N) is 1. The third kappa shape index (κ3) is 3.53. The van der Waals surface area contributed by atoms with E-state index >= 15 is 0 Å². The molecular weight excluding hydrogens is 343 g/mol. The average molecular weight is 364 g/mol. The Hall–Kier alpha value is -3.22. The van der Waals surface area contributed by atoms with E-state index in [9.17, 15) is 4.39 Å². The van der Waals surface area contributed by atoms with Gasteiger partial charge in [-0.2, -0.15) is 9.61 Å². The van der Waals surface area contributed by atoms with Gasteiger partial charge in [-0.05, 0) is 38.0 Å². The van der Waals surface area contributed by atoms with Crippen molar-refractivity contribution in [3.8, 4) is 11.1 Å². The molecule has 0 fully saturated rings. The van der Waals surface area contributed by atoms with Gasteiger partial charge in [-0.1, -0.05) is 12.1 Å². The Labute approximate surface area is 156 Å². The van der Waals surface area contributed by atoms with Gasteiger partial charge in [0.05, 0.1) is 12.0 Å². The van der Waals surface area contributed by atoms with Crippen LogP contribution >= 0.6 is 0 Å². The minimum Gasteiger partial charge on any atom is -0.370 e. The molecular formula is C20H21FN6. The Morgan fingerprint density at radius 2 is 1.96 bits per heavy atom. The highest BCUT2D eigenvalue weighted by Gasteiger charge is 2.16. The summed E-state index contributed by atoms with van der Waals surface area (Å²) in [5.41, 5.74) is 4.38. The molecule has 3 aromatic heterocycles. The zero-order valence-corrected chi connectivity index (χ0v) is 15.4. The lowest BCUT2D eigenvalue weighted by atomic mass is 10.1. The predicted octanol–water partition coefficient (Wildman–Crippen LogP) is 3.85. The van der Waals surface area contributed by atoms with E-state index in [0.717, 1.165) is 53.5 Å². The predicted molar refractivity (Wildman–Crippen MR) is 103 cm³/mol. The Bertz CT molecular complexity index is 1050. The van der Waals surface area contributed by atoms with Gasteiger partial charge in [0.1, 0.15) is 11.6 Å². The molecule has 0 unspecified atom stereocenters. The average Bonchev–Trinajstić information content (AvgIpc) is 3.27. The highest BCUT2D eigenvalue weighted by atomic mass is 19.1. The highest BCUT2D eigenvalue weighted by molar-refractivity contribution is 5.80. The number of benzene rings is 1. The number of rotatable bonds is 6. The van der Waals surface area contributed by atoms with Crippen molar-refractivity contribution in [2.24, 2.45) is 0 Å². The molecule has 7 heteroatoms. The molecule has 0 radical (unpaired) electrons. The van der Waals surface area contributed by atoms with Crippen LogP contribution in [0.5, 0.6) is 0 Å². The van der Waals surface area contributed by atoms with Crippen LogP contribution in [-0.4, -0.2) is 30.7 Å². The first-order valence-electron chi connectivity index (χ1n) is 8.94. The number of nitrogens with zero attached hydrogens (tertiary/aromatic N) is 5. The summed E-state index contributed by atoms with van der Waals surface area (Å²) in [6.07, 6.45) is 6.53. The Morgan fingerprint density at radius 3 is 2.70 bits per heavy atom. The smallest absolute Gasteiger partial charge is 0.165 e. The van der Waals surface area contributed by atoms with Crippen LogP contribution in [0.4, 0.5) is 10.2 Å². The van der Waals surface area contributed by atoms with Gasteiger partial charge in [-0.3, -0.25) is 0 Å². The summed E-state index contributed by atoms with van der Waals surface area (Å²) in [5.74, 6) is 0.650. The molecule has 3 heterocycles. The van der Waals surface area contributed by atoms with Crippen LogP contribution in [0.25, 0.3) is 16.8 Å². The molecule has 0 spiro atoms. The fourth-order valence-corrected chi connectivity index (χ4v) is 3.22. The van der Waals surface area contributed by atoms with Gasteiger partial charge in [-0.15, -0.1) is 0 Å². The lowest BCUT2D eigenvalue weighted by Crippen LogP contribution is -2.10. The van der Waals surface area contributed by atoms with E-state index < -0.39 is 0 Å². The van der Waals surface area contributed by atoms with Crippen molar-refractivity contribution in [3.05, 3.63) is 66.3 Å². The summed E-state index contributed by atoms with van der Waals surface area (Å²) in [7, 11) is 0. The van der Waals surface area contributed by atoms with Crippen LogP contribution in [0.3, 0.4) is 0 Å². The molecule has 6 nitrogen and oxygen atoms in total. The first-order chi connectivity index (χ1) is 13.1. The van der Waals surface area contributed by atoms with Gasteiger partial charge in [0.15, 0.2) is 5.65 Å². The first-order valence-corrected chi connectivity index (χ1v) is 8.94.